The summed E-state index contributed by atoms with van der Waals surface area (Å²) in [7, 11) is 1.66. The Hall–Kier alpha value is -3.63. The molecular formula is C26H25ClFN7OS. The van der Waals surface area contributed by atoms with Crippen LogP contribution in [-0.4, -0.2) is 44.7 Å². The molecule has 3 aromatic heterocycles. The minimum atomic E-state index is -0.355. The number of amides is 1. The predicted molar refractivity (Wildman–Crippen MR) is 145 cm³/mol. The Morgan fingerprint density at radius 3 is 2.89 bits per heavy atom. The molecule has 0 aliphatic heterocycles. The SMILES string of the molecule is CN=C/C=C(\N)c1cc2c(cn1)nc(-c1ccccc1F)n2C1CCCC(NC(=O)c2ncc(Cl)s2)C1. The van der Waals surface area contributed by atoms with E-state index in [1.807, 2.05) is 6.07 Å². The molecule has 0 saturated heterocycles. The van der Waals surface area contributed by atoms with E-state index in [1.54, 1.807) is 43.7 Å². The molecule has 1 amide bonds. The number of fused-ring (bicyclic) bond motifs is 1. The number of nitrogens with two attached hydrogens (primary N) is 1. The minimum Gasteiger partial charge on any atom is -0.397 e. The second kappa shape index (κ2) is 10.8. The standard InChI is InChI=1S/C26H25ClFN7OS/c1-30-10-9-19(29)20-12-22-21(13-31-20)34-24(17-7-2-3-8-18(17)28)35(22)16-6-4-5-15(11-16)33-25(36)26-32-14-23(27)37-26/h2-3,7-10,12-16H,4-6,11,29H2,1H3,(H,33,36)/b19-9-,30-10?. The number of rotatable bonds is 6. The van der Waals surface area contributed by atoms with E-state index in [0.29, 0.717) is 44.1 Å². The Kier molecular flexibility index (Phi) is 7.29. The molecule has 0 bridgehead atoms. The van der Waals surface area contributed by atoms with Crippen LogP contribution in [0.2, 0.25) is 4.34 Å². The Labute approximate surface area is 222 Å². The van der Waals surface area contributed by atoms with Crippen LogP contribution in [0, 0.1) is 5.82 Å². The number of carbonyl (C=O) groups excluding carboxylic acids is 1. The molecule has 11 heteroatoms. The lowest BCUT2D eigenvalue weighted by Gasteiger charge is -2.32. The number of carbonyl (C=O) groups is 1. The lowest BCUT2D eigenvalue weighted by Crippen LogP contribution is -2.39. The molecule has 2 unspecified atom stereocenters. The van der Waals surface area contributed by atoms with Crippen LogP contribution < -0.4 is 11.1 Å². The van der Waals surface area contributed by atoms with Gasteiger partial charge in [-0.05, 0) is 50.0 Å². The van der Waals surface area contributed by atoms with Crippen molar-refractivity contribution in [3.63, 3.8) is 0 Å². The molecule has 4 aromatic rings. The minimum absolute atomic E-state index is 0.0313. The lowest BCUT2D eigenvalue weighted by atomic mass is 9.90. The average Bonchev–Trinajstić information content (AvgIpc) is 3.51. The maximum Gasteiger partial charge on any atom is 0.280 e. The fraction of sp³-hybridized carbons (Fsp3) is 0.269. The highest BCUT2D eigenvalue weighted by Crippen LogP contribution is 2.37. The molecule has 1 saturated carbocycles. The molecule has 1 fully saturated rings. The Balaban J connectivity index is 1.55. The number of hydrogen-bond acceptors (Lipinski definition) is 7. The van der Waals surface area contributed by atoms with Gasteiger partial charge >= 0.3 is 0 Å². The van der Waals surface area contributed by atoms with E-state index in [2.05, 4.69) is 24.8 Å². The Bertz CT molecular complexity index is 1510. The van der Waals surface area contributed by atoms with Crippen molar-refractivity contribution >= 4 is 51.8 Å². The van der Waals surface area contributed by atoms with Gasteiger partial charge in [0.2, 0.25) is 0 Å². The van der Waals surface area contributed by atoms with Crippen molar-refractivity contribution in [2.45, 2.75) is 37.8 Å². The van der Waals surface area contributed by atoms with Gasteiger partial charge in [-0.1, -0.05) is 35.1 Å². The van der Waals surface area contributed by atoms with Gasteiger partial charge in [-0.15, -0.1) is 0 Å². The number of allylic oxidation sites excluding steroid dienone is 1. The molecule has 2 atom stereocenters. The van der Waals surface area contributed by atoms with Crippen molar-refractivity contribution in [2.75, 3.05) is 7.05 Å². The summed E-state index contributed by atoms with van der Waals surface area (Å²) in [6.45, 7) is 0. The van der Waals surface area contributed by atoms with Crippen LogP contribution in [0.25, 0.3) is 28.1 Å². The Morgan fingerprint density at radius 1 is 1.30 bits per heavy atom. The van der Waals surface area contributed by atoms with E-state index in [0.717, 1.165) is 36.1 Å². The van der Waals surface area contributed by atoms with Crippen molar-refractivity contribution in [3.8, 4) is 11.4 Å². The number of imidazole rings is 1. The van der Waals surface area contributed by atoms with Gasteiger partial charge in [-0.25, -0.2) is 14.4 Å². The van der Waals surface area contributed by atoms with Crippen LogP contribution in [0.1, 0.15) is 47.2 Å². The number of benzene rings is 1. The highest BCUT2D eigenvalue weighted by atomic mass is 35.5. The first kappa shape index (κ1) is 25.0. The molecule has 8 nitrogen and oxygen atoms in total. The van der Waals surface area contributed by atoms with Crippen LogP contribution >= 0.6 is 22.9 Å². The molecular weight excluding hydrogens is 513 g/mol. The quantitative estimate of drug-likeness (QED) is 0.326. The zero-order valence-corrected chi connectivity index (χ0v) is 21.6. The highest BCUT2D eigenvalue weighted by molar-refractivity contribution is 7.17. The second-order valence-corrected chi connectivity index (χ2v) is 10.5. The first-order valence-corrected chi connectivity index (χ1v) is 13.1. The summed E-state index contributed by atoms with van der Waals surface area (Å²) in [5.41, 5.74) is 9.12. The van der Waals surface area contributed by atoms with Gasteiger partial charge < -0.3 is 15.6 Å². The molecule has 0 spiro atoms. The van der Waals surface area contributed by atoms with Gasteiger partial charge in [0.05, 0.1) is 34.9 Å². The van der Waals surface area contributed by atoms with E-state index in [-0.39, 0.29) is 23.8 Å². The average molecular weight is 538 g/mol. The first-order valence-electron chi connectivity index (χ1n) is 11.9. The van der Waals surface area contributed by atoms with Crippen molar-refractivity contribution < 1.29 is 9.18 Å². The van der Waals surface area contributed by atoms with Crippen molar-refractivity contribution in [1.29, 1.82) is 0 Å². The monoisotopic (exact) mass is 537 g/mol. The number of aromatic nitrogens is 4. The summed E-state index contributed by atoms with van der Waals surface area (Å²) in [4.78, 5) is 30.0. The molecule has 190 valence electrons. The van der Waals surface area contributed by atoms with Crippen molar-refractivity contribution in [2.24, 2.45) is 10.7 Å². The van der Waals surface area contributed by atoms with Gasteiger partial charge in [-0.2, -0.15) is 0 Å². The topological polar surface area (TPSA) is 111 Å². The molecule has 3 heterocycles. The van der Waals surface area contributed by atoms with Gasteiger partial charge in [-0.3, -0.25) is 14.8 Å². The van der Waals surface area contributed by atoms with Crippen LogP contribution in [0.3, 0.4) is 0 Å². The summed E-state index contributed by atoms with van der Waals surface area (Å²) in [5.74, 6) is -0.0742. The van der Waals surface area contributed by atoms with Crippen LogP contribution in [0.5, 0.6) is 0 Å². The van der Waals surface area contributed by atoms with Gasteiger partial charge in [0, 0.05) is 25.3 Å². The largest absolute Gasteiger partial charge is 0.397 e. The molecule has 1 aliphatic rings. The molecule has 3 N–H and O–H groups in total. The third-order valence-corrected chi connectivity index (χ3v) is 7.52. The zero-order valence-electron chi connectivity index (χ0n) is 20.1. The normalized spacial score (nSPS) is 18.5. The third-order valence-electron chi connectivity index (χ3n) is 6.41. The number of nitrogens with one attached hydrogen (secondary N) is 1. The summed E-state index contributed by atoms with van der Waals surface area (Å²) < 4.78 is 17.5. The molecule has 37 heavy (non-hydrogen) atoms. The van der Waals surface area contributed by atoms with Crippen molar-refractivity contribution in [3.05, 3.63) is 69.7 Å². The molecule has 0 radical (unpaired) electrons. The zero-order chi connectivity index (χ0) is 25.9. The summed E-state index contributed by atoms with van der Waals surface area (Å²) >= 11 is 7.10. The summed E-state index contributed by atoms with van der Waals surface area (Å²) in [6, 6.07) is 8.37. The lowest BCUT2D eigenvalue weighted by molar-refractivity contribution is 0.0920. The van der Waals surface area contributed by atoms with E-state index in [9.17, 15) is 9.18 Å². The number of pyridine rings is 1. The van der Waals surface area contributed by atoms with E-state index >= 15 is 0 Å². The number of halogens is 2. The number of nitrogens with zero attached hydrogens (tertiary/aromatic N) is 5. The van der Waals surface area contributed by atoms with E-state index < -0.39 is 0 Å². The fourth-order valence-corrected chi connectivity index (χ4v) is 5.55. The van der Waals surface area contributed by atoms with Crippen LogP contribution in [-0.2, 0) is 0 Å². The van der Waals surface area contributed by atoms with Crippen LogP contribution in [0.4, 0.5) is 4.39 Å². The van der Waals surface area contributed by atoms with Gasteiger partial charge in [0.1, 0.15) is 21.5 Å². The molecule has 5 rings (SSSR count). The third kappa shape index (κ3) is 5.26. The van der Waals surface area contributed by atoms with Gasteiger partial charge in [0.25, 0.3) is 5.91 Å². The first-order chi connectivity index (χ1) is 17.9. The predicted octanol–water partition coefficient (Wildman–Crippen LogP) is 5.26. The molecule has 1 aromatic carbocycles. The number of hydrogen-bond donors (Lipinski definition) is 2. The van der Waals surface area contributed by atoms with E-state index in [4.69, 9.17) is 22.3 Å². The smallest absolute Gasteiger partial charge is 0.280 e. The molecule has 1 aliphatic carbocycles. The van der Waals surface area contributed by atoms with Crippen molar-refractivity contribution in [1.82, 2.24) is 24.8 Å². The fourth-order valence-electron chi connectivity index (χ4n) is 4.74. The highest BCUT2D eigenvalue weighted by Gasteiger charge is 2.29. The van der Waals surface area contributed by atoms with E-state index in [1.165, 1.54) is 12.3 Å². The summed E-state index contributed by atoms with van der Waals surface area (Å²) in [6.07, 6.45) is 9.65. The maximum absolute atomic E-state index is 15.0. The second-order valence-electron chi connectivity index (χ2n) is 8.83. The van der Waals surface area contributed by atoms with Crippen LogP contribution in [0.15, 0.2) is 53.8 Å². The summed E-state index contributed by atoms with van der Waals surface area (Å²) in [5, 5.41) is 3.43. The van der Waals surface area contributed by atoms with Gasteiger partial charge in [0.15, 0.2) is 5.01 Å². The number of aliphatic imine (C=N–C) groups is 1. The maximum atomic E-state index is 15.0. The number of thiazole rings is 1. The Morgan fingerprint density at radius 2 is 2.14 bits per heavy atom.